The summed E-state index contributed by atoms with van der Waals surface area (Å²) in [5.41, 5.74) is -0.0213. The Bertz CT molecular complexity index is 829. The molecule has 2 N–H and O–H groups in total. The Morgan fingerprint density at radius 2 is 1.55 bits per heavy atom. The van der Waals surface area contributed by atoms with Gasteiger partial charge in [0.25, 0.3) is 5.91 Å². The van der Waals surface area contributed by atoms with Gasteiger partial charge in [-0.1, -0.05) is 37.1 Å². The first-order valence-electron chi connectivity index (χ1n) is 10.1. The first-order chi connectivity index (χ1) is 14.0. The Labute approximate surface area is 169 Å². The Balaban J connectivity index is 1.48. The summed E-state index contributed by atoms with van der Waals surface area (Å²) < 4.78 is 28.7. The predicted molar refractivity (Wildman–Crippen MR) is 108 cm³/mol. The fraction of sp³-hybridized carbons (Fsp3) is 0.391. The van der Waals surface area contributed by atoms with Crippen LogP contribution in [-0.4, -0.2) is 24.9 Å². The molecular formula is C23H26F2N2O2. The van der Waals surface area contributed by atoms with Gasteiger partial charge in [0.2, 0.25) is 5.91 Å². The van der Waals surface area contributed by atoms with Crippen LogP contribution in [0.25, 0.3) is 0 Å². The van der Waals surface area contributed by atoms with Crippen LogP contribution in [0.4, 0.5) is 8.78 Å². The molecule has 6 heteroatoms. The summed E-state index contributed by atoms with van der Waals surface area (Å²) in [5, 5.41) is 5.63. The van der Waals surface area contributed by atoms with Gasteiger partial charge in [-0.05, 0) is 43.5 Å². The van der Waals surface area contributed by atoms with E-state index >= 15 is 0 Å². The lowest BCUT2D eigenvalue weighted by molar-refractivity contribution is -0.121. The summed E-state index contributed by atoms with van der Waals surface area (Å²) in [7, 11) is 0. The minimum absolute atomic E-state index is 0.0907. The molecule has 2 aromatic rings. The summed E-state index contributed by atoms with van der Waals surface area (Å²) in [6.07, 6.45) is 3.80. The first-order valence-corrected chi connectivity index (χ1v) is 10.1. The van der Waals surface area contributed by atoms with E-state index in [0.717, 1.165) is 12.8 Å². The Kier molecular flexibility index (Phi) is 6.96. The van der Waals surface area contributed by atoms with Crippen molar-refractivity contribution in [1.82, 2.24) is 10.6 Å². The van der Waals surface area contributed by atoms with Gasteiger partial charge < -0.3 is 10.6 Å². The van der Waals surface area contributed by atoms with Crippen LogP contribution in [0.3, 0.4) is 0 Å². The Morgan fingerprint density at radius 3 is 2.21 bits per heavy atom. The molecule has 3 rings (SSSR count). The van der Waals surface area contributed by atoms with E-state index in [1.54, 1.807) is 24.3 Å². The van der Waals surface area contributed by atoms with Gasteiger partial charge in [0.15, 0.2) is 0 Å². The first kappa shape index (κ1) is 21.0. The maximum atomic E-state index is 14.3. The fourth-order valence-electron chi connectivity index (χ4n) is 4.07. The predicted octanol–water partition coefficient (Wildman–Crippen LogP) is 4.10. The summed E-state index contributed by atoms with van der Waals surface area (Å²) in [5.74, 6) is -1.46. The summed E-state index contributed by atoms with van der Waals surface area (Å²) in [4.78, 5) is 24.2. The van der Waals surface area contributed by atoms with Crippen molar-refractivity contribution in [3.8, 4) is 0 Å². The third-order valence-corrected chi connectivity index (χ3v) is 5.58. The van der Waals surface area contributed by atoms with Crippen molar-refractivity contribution in [1.29, 1.82) is 0 Å². The highest BCUT2D eigenvalue weighted by Crippen LogP contribution is 2.42. The lowest BCUT2D eigenvalue weighted by atomic mass is 9.78. The molecule has 0 saturated heterocycles. The zero-order valence-corrected chi connectivity index (χ0v) is 16.3. The van der Waals surface area contributed by atoms with Crippen molar-refractivity contribution in [2.45, 2.75) is 43.9 Å². The number of hydrogen-bond donors (Lipinski definition) is 2. The topological polar surface area (TPSA) is 58.2 Å². The lowest BCUT2D eigenvalue weighted by Gasteiger charge is -2.30. The molecule has 0 aliphatic heterocycles. The molecule has 154 valence electrons. The van der Waals surface area contributed by atoms with Crippen molar-refractivity contribution in [2.75, 3.05) is 13.1 Å². The van der Waals surface area contributed by atoms with Crippen molar-refractivity contribution in [3.63, 3.8) is 0 Å². The van der Waals surface area contributed by atoms with Crippen LogP contribution >= 0.6 is 0 Å². The van der Waals surface area contributed by atoms with Crippen molar-refractivity contribution < 1.29 is 18.4 Å². The van der Waals surface area contributed by atoms with E-state index < -0.39 is 17.0 Å². The third kappa shape index (κ3) is 5.19. The number of hydrogen-bond acceptors (Lipinski definition) is 2. The number of carbonyl (C=O) groups is 2. The molecule has 0 heterocycles. The molecule has 0 unspecified atom stereocenters. The van der Waals surface area contributed by atoms with E-state index in [4.69, 9.17) is 0 Å². The molecule has 1 aliphatic carbocycles. The summed E-state index contributed by atoms with van der Waals surface area (Å²) in [6, 6.07) is 12.8. The third-order valence-electron chi connectivity index (χ3n) is 5.58. The smallest absolute Gasteiger partial charge is 0.251 e. The van der Waals surface area contributed by atoms with Crippen LogP contribution in [0.2, 0.25) is 0 Å². The molecule has 4 nitrogen and oxygen atoms in total. The van der Waals surface area contributed by atoms with E-state index in [2.05, 4.69) is 10.6 Å². The highest BCUT2D eigenvalue weighted by atomic mass is 19.1. The van der Waals surface area contributed by atoms with Gasteiger partial charge in [-0.2, -0.15) is 0 Å². The monoisotopic (exact) mass is 400 g/mol. The molecule has 1 fully saturated rings. The van der Waals surface area contributed by atoms with Gasteiger partial charge in [0.05, 0.1) is 0 Å². The average Bonchev–Trinajstić information content (AvgIpc) is 3.20. The molecule has 0 atom stereocenters. The second-order valence-electron chi connectivity index (χ2n) is 7.59. The highest BCUT2D eigenvalue weighted by Gasteiger charge is 2.40. The number of nitrogens with one attached hydrogen (secondary N) is 2. The summed E-state index contributed by atoms with van der Waals surface area (Å²) >= 11 is 0. The largest absolute Gasteiger partial charge is 0.355 e. The molecule has 1 aliphatic rings. The SMILES string of the molecule is O=C(CCCNC(=O)c1ccccc1)NCC1(c2c(F)cccc2F)CCCC1. The minimum atomic E-state index is -0.688. The fourth-order valence-corrected chi connectivity index (χ4v) is 4.07. The van der Waals surface area contributed by atoms with E-state index in [-0.39, 0.29) is 30.3 Å². The number of rotatable bonds is 8. The van der Waals surface area contributed by atoms with E-state index in [1.165, 1.54) is 18.2 Å². The molecule has 29 heavy (non-hydrogen) atoms. The minimum Gasteiger partial charge on any atom is -0.355 e. The molecule has 0 bridgehead atoms. The standard InChI is InChI=1S/C23H26F2N2O2/c24-18-10-6-11-19(25)21(18)23(13-4-5-14-23)16-27-20(28)12-7-15-26-22(29)17-8-2-1-3-9-17/h1-3,6,8-11H,4-5,7,12-16H2,(H,26,29)(H,27,28). The molecular weight excluding hydrogens is 374 g/mol. The molecule has 2 amide bonds. The van der Waals surface area contributed by atoms with Crippen LogP contribution in [-0.2, 0) is 10.2 Å². The van der Waals surface area contributed by atoms with Crippen LogP contribution in [0.15, 0.2) is 48.5 Å². The van der Waals surface area contributed by atoms with Crippen LogP contribution in [0.1, 0.15) is 54.4 Å². The molecule has 0 aromatic heterocycles. The number of benzene rings is 2. The average molecular weight is 400 g/mol. The lowest BCUT2D eigenvalue weighted by Crippen LogP contribution is -2.40. The highest BCUT2D eigenvalue weighted by molar-refractivity contribution is 5.94. The molecule has 2 aromatic carbocycles. The maximum absolute atomic E-state index is 14.3. The number of carbonyl (C=O) groups excluding carboxylic acids is 2. The van der Waals surface area contributed by atoms with Crippen LogP contribution in [0.5, 0.6) is 0 Å². The van der Waals surface area contributed by atoms with E-state index in [1.807, 2.05) is 6.07 Å². The van der Waals surface area contributed by atoms with Crippen molar-refractivity contribution >= 4 is 11.8 Å². The van der Waals surface area contributed by atoms with Gasteiger partial charge in [-0.15, -0.1) is 0 Å². The second kappa shape index (κ2) is 9.63. The van der Waals surface area contributed by atoms with Gasteiger partial charge in [0, 0.05) is 36.1 Å². The number of halogens is 2. The maximum Gasteiger partial charge on any atom is 0.251 e. The normalized spacial score (nSPS) is 15.1. The number of amides is 2. The summed E-state index contributed by atoms with van der Waals surface area (Å²) in [6.45, 7) is 0.605. The van der Waals surface area contributed by atoms with Gasteiger partial charge >= 0.3 is 0 Å². The van der Waals surface area contributed by atoms with Crippen molar-refractivity contribution in [2.24, 2.45) is 0 Å². The van der Waals surface area contributed by atoms with Crippen molar-refractivity contribution in [3.05, 3.63) is 71.3 Å². The van der Waals surface area contributed by atoms with E-state index in [9.17, 15) is 18.4 Å². The molecule has 0 spiro atoms. The zero-order chi connectivity index (χ0) is 20.7. The van der Waals surface area contributed by atoms with Gasteiger partial charge in [0.1, 0.15) is 11.6 Å². The Hall–Kier alpha value is -2.76. The van der Waals surface area contributed by atoms with Gasteiger partial charge in [-0.25, -0.2) is 8.78 Å². The molecule has 0 radical (unpaired) electrons. The van der Waals surface area contributed by atoms with Gasteiger partial charge in [-0.3, -0.25) is 9.59 Å². The molecule has 1 saturated carbocycles. The van der Waals surface area contributed by atoms with Crippen LogP contribution < -0.4 is 10.6 Å². The second-order valence-corrected chi connectivity index (χ2v) is 7.59. The quantitative estimate of drug-likeness (QED) is 0.656. The van der Waals surface area contributed by atoms with E-state index in [0.29, 0.717) is 31.4 Å². The van der Waals surface area contributed by atoms with Crippen LogP contribution in [0, 0.1) is 11.6 Å². The zero-order valence-electron chi connectivity index (χ0n) is 16.3. The Morgan fingerprint density at radius 1 is 0.897 bits per heavy atom.